The van der Waals surface area contributed by atoms with Gasteiger partial charge in [0.25, 0.3) is 0 Å². The van der Waals surface area contributed by atoms with E-state index in [4.69, 9.17) is 0 Å². The Bertz CT molecular complexity index is 511. The van der Waals surface area contributed by atoms with Crippen molar-refractivity contribution in [3.05, 3.63) is 61.2 Å². The molecule has 4 nitrogen and oxygen atoms in total. The van der Waals surface area contributed by atoms with Gasteiger partial charge in [-0.3, -0.25) is 9.69 Å². The molecule has 1 aliphatic heterocycles. The van der Waals surface area contributed by atoms with Crippen LogP contribution in [0.1, 0.15) is 5.56 Å². The van der Waals surface area contributed by atoms with Gasteiger partial charge in [-0.1, -0.05) is 42.5 Å². The summed E-state index contributed by atoms with van der Waals surface area (Å²) in [7, 11) is 0. The van der Waals surface area contributed by atoms with Gasteiger partial charge in [-0.2, -0.15) is 0 Å². The summed E-state index contributed by atoms with van der Waals surface area (Å²) >= 11 is 0. The van der Waals surface area contributed by atoms with Crippen LogP contribution in [0.15, 0.2) is 55.6 Å². The van der Waals surface area contributed by atoms with Gasteiger partial charge in [0, 0.05) is 45.8 Å². The normalized spacial score (nSPS) is 15.8. The number of amides is 1. The van der Waals surface area contributed by atoms with Crippen LogP contribution in [0, 0.1) is 0 Å². The molecule has 1 aromatic rings. The maximum absolute atomic E-state index is 12.4. The van der Waals surface area contributed by atoms with Crippen molar-refractivity contribution in [3.63, 3.8) is 0 Å². The minimum Gasteiger partial charge on any atom is -0.334 e. The van der Waals surface area contributed by atoms with Crippen LogP contribution in [0.4, 0.5) is 0 Å². The Labute approximate surface area is 146 Å². The highest BCUT2D eigenvalue weighted by atomic mass is 16.2. The zero-order valence-corrected chi connectivity index (χ0v) is 14.6. The number of piperazine rings is 1. The maximum atomic E-state index is 12.4. The first-order valence-electron chi connectivity index (χ1n) is 8.71. The van der Waals surface area contributed by atoms with Crippen LogP contribution >= 0.6 is 0 Å². The highest BCUT2D eigenvalue weighted by Gasteiger charge is 2.20. The van der Waals surface area contributed by atoms with E-state index in [1.165, 1.54) is 5.56 Å². The molecular weight excluding hydrogens is 298 g/mol. The predicted octanol–water partition coefficient (Wildman–Crippen LogP) is 2.05. The molecule has 1 heterocycles. The molecule has 2 rings (SSSR count). The number of nitrogens with zero attached hydrogens (tertiary/aromatic N) is 3. The van der Waals surface area contributed by atoms with Crippen LogP contribution in [0.2, 0.25) is 0 Å². The van der Waals surface area contributed by atoms with E-state index in [-0.39, 0.29) is 5.91 Å². The lowest BCUT2D eigenvalue weighted by Crippen LogP contribution is -2.50. The highest BCUT2D eigenvalue weighted by Crippen LogP contribution is 2.06. The predicted molar refractivity (Wildman–Crippen MR) is 100 cm³/mol. The molecule has 0 bridgehead atoms. The second-order valence-corrected chi connectivity index (χ2v) is 6.23. The van der Waals surface area contributed by atoms with Gasteiger partial charge in [0.1, 0.15) is 0 Å². The van der Waals surface area contributed by atoms with Crippen LogP contribution < -0.4 is 0 Å². The van der Waals surface area contributed by atoms with Crippen LogP contribution in [0.5, 0.6) is 0 Å². The first-order chi connectivity index (χ1) is 11.7. The molecule has 0 saturated carbocycles. The van der Waals surface area contributed by atoms with E-state index in [2.05, 4.69) is 53.3 Å². The quantitative estimate of drug-likeness (QED) is 0.650. The summed E-state index contributed by atoms with van der Waals surface area (Å²) in [4.78, 5) is 18.9. The molecule has 1 saturated heterocycles. The Morgan fingerprint density at radius 3 is 2.17 bits per heavy atom. The Balaban J connectivity index is 1.71. The fourth-order valence-electron chi connectivity index (χ4n) is 2.98. The minimum absolute atomic E-state index is 0.160. The molecule has 4 heteroatoms. The molecule has 0 N–H and O–H groups in total. The molecule has 0 radical (unpaired) electrons. The van der Waals surface area contributed by atoms with E-state index in [1.54, 1.807) is 17.1 Å². The molecule has 0 aromatic heterocycles. The molecule has 130 valence electrons. The molecule has 0 atom stereocenters. The van der Waals surface area contributed by atoms with Crippen molar-refractivity contribution in [2.75, 3.05) is 52.4 Å². The van der Waals surface area contributed by atoms with E-state index in [1.807, 2.05) is 0 Å². The third kappa shape index (κ3) is 5.95. The minimum atomic E-state index is 0.160. The summed E-state index contributed by atoms with van der Waals surface area (Å²) in [6.07, 6.45) is 4.62. The summed E-state index contributed by atoms with van der Waals surface area (Å²) in [5, 5.41) is 0. The molecule has 1 amide bonds. The number of rotatable bonds is 9. The van der Waals surface area contributed by atoms with Gasteiger partial charge >= 0.3 is 0 Å². The molecule has 1 aromatic carbocycles. The largest absolute Gasteiger partial charge is 0.334 e. The second-order valence-electron chi connectivity index (χ2n) is 6.23. The zero-order valence-electron chi connectivity index (χ0n) is 14.6. The molecule has 0 unspecified atom stereocenters. The molecule has 0 aliphatic carbocycles. The highest BCUT2D eigenvalue weighted by molar-refractivity contribution is 5.78. The van der Waals surface area contributed by atoms with Crippen LogP contribution in [0.25, 0.3) is 0 Å². The maximum Gasteiger partial charge on any atom is 0.237 e. The second kappa shape index (κ2) is 10.1. The molecule has 24 heavy (non-hydrogen) atoms. The zero-order chi connectivity index (χ0) is 17.2. The lowest BCUT2D eigenvalue weighted by Gasteiger charge is -2.35. The summed E-state index contributed by atoms with van der Waals surface area (Å²) in [6, 6.07) is 10.6. The topological polar surface area (TPSA) is 26.8 Å². The average Bonchev–Trinajstić information content (AvgIpc) is 2.62. The van der Waals surface area contributed by atoms with Crippen molar-refractivity contribution in [1.29, 1.82) is 0 Å². The van der Waals surface area contributed by atoms with Gasteiger partial charge in [0.2, 0.25) is 5.91 Å². The van der Waals surface area contributed by atoms with Gasteiger partial charge in [-0.15, -0.1) is 13.2 Å². The van der Waals surface area contributed by atoms with Gasteiger partial charge in [0.05, 0.1) is 6.54 Å². The molecule has 1 fully saturated rings. The summed E-state index contributed by atoms with van der Waals surface area (Å²) < 4.78 is 0. The first kappa shape index (κ1) is 18.4. The average molecular weight is 327 g/mol. The fraction of sp³-hybridized carbons (Fsp3) is 0.450. The van der Waals surface area contributed by atoms with Crippen molar-refractivity contribution in [3.8, 4) is 0 Å². The number of benzene rings is 1. The Morgan fingerprint density at radius 2 is 1.58 bits per heavy atom. The Kier molecular flexibility index (Phi) is 7.72. The lowest BCUT2D eigenvalue weighted by atomic mass is 10.1. The van der Waals surface area contributed by atoms with E-state index < -0.39 is 0 Å². The van der Waals surface area contributed by atoms with Crippen molar-refractivity contribution in [2.45, 2.75) is 6.42 Å². The third-order valence-electron chi connectivity index (χ3n) is 4.43. The number of carbonyl (C=O) groups excluding carboxylic acids is 1. The number of carbonyl (C=O) groups is 1. The number of hydrogen-bond donors (Lipinski definition) is 0. The molecule has 0 spiro atoms. The standard InChI is InChI=1S/C20H29N3O/c1-3-11-23(12-4-2)20(24)18-22-16-14-21(15-17-22)13-10-19-8-6-5-7-9-19/h3-9H,1-2,10-18H2. The van der Waals surface area contributed by atoms with Crippen LogP contribution in [-0.4, -0.2) is 73.0 Å². The van der Waals surface area contributed by atoms with Gasteiger partial charge in [-0.25, -0.2) is 0 Å². The van der Waals surface area contributed by atoms with Crippen LogP contribution in [0.3, 0.4) is 0 Å². The number of hydrogen-bond acceptors (Lipinski definition) is 3. The van der Waals surface area contributed by atoms with Gasteiger partial charge in [-0.05, 0) is 12.0 Å². The third-order valence-corrected chi connectivity index (χ3v) is 4.43. The first-order valence-corrected chi connectivity index (χ1v) is 8.71. The summed E-state index contributed by atoms with van der Waals surface area (Å²) in [6.45, 7) is 14.2. The van der Waals surface area contributed by atoms with Gasteiger partial charge < -0.3 is 9.80 Å². The Morgan fingerprint density at radius 1 is 1.00 bits per heavy atom. The SMILES string of the molecule is C=CCN(CC=C)C(=O)CN1CCN(CCc2ccccc2)CC1. The van der Waals surface area contributed by atoms with E-state index in [0.717, 1.165) is 39.1 Å². The fourth-order valence-corrected chi connectivity index (χ4v) is 2.98. The molecule has 1 aliphatic rings. The van der Waals surface area contributed by atoms with Crippen molar-refractivity contribution in [1.82, 2.24) is 14.7 Å². The molecular formula is C20H29N3O. The van der Waals surface area contributed by atoms with E-state index in [0.29, 0.717) is 19.6 Å². The van der Waals surface area contributed by atoms with Gasteiger partial charge in [0.15, 0.2) is 0 Å². The van der Waals surface area contributed by atoms with E-state index >= 15 is 0 Å². The van der Waals surface area contributed by atoms with Crippen molar-refractivity contribution < 1.29 is 4.79 Å². The van der Waals surface area contributed by atoms with Crippen molar-refractivity contribution >= 4 is 5.91 Å². The Hall–Kier alpha value is -1.91. The summed E-state index contributed by atoms with van der Waals surface area (Å²) in [5.41, 5.74) is 1.39. The monoisotopic (exact) mass is 327 g/mol. The van der Waals surface area contributed by atoms with Crippen LogP contribution in [-0.2, 0) is 11.2 Å². The van der Waals surface area contributed by atoms with Crippen molar-refractivity contribution in [2.24, 2.45) is 0 Å². The lowest BCUT2D eigenvalue weighted by molar-refractivity contribution is -0.131. The van der Waals surface area contributed by atoms with E-state index in [9.17, 15) is 4.79 Å². The smallest absolute Gasteiger partial charge is 0.237 e. The summed E-state index contributed by atoms with van der Waals surface area (Å²) in [5.74, 6) is 0.160.